The van der Waals surface area contributed by atoms with Crippen molar-refractivity contribution in [2.75, 3.05) is 0 Å². The Hall–Kier alpha value is -0.750. The Balaban J connectivity index is 2.56. The molecular formula is C14H15ClIN3. The third-order valence-corrected chi connectivity index (χ3v) is 4.52. The lowest BCUT2D eigenvalue weighted by molar-refractivity contribution is 0.865. The molecule has 2 aromatic rings. The fourth-order valence-electron chi connectivity index (χ4n) is 1.92. The third kappa shape index (κ3) is 3.23. The van der Waals surface area contributed by atoms with Crippen LogP contribution in [-0.4, -0.2) is 15.0 Å². The van der Waals surface area contributed by atoms with Crippen LogP contribution < -0.4 is 0 Å². The SMILES string of the molecule is CCCc1nc(-c2ncc(C)cc2C)nc(Cl)c1I. The molecule has 0 amide bonds. The van der Waals surface area contributed by atoms with Crippen LogP contribution >= 0.6 is 34.2 Å². The lowest BCUT2D eigenvalue weighted by atomic mass is 10.1. The van der Waals surface area contributed by atoms with Gasteiger partial charge >= 0.3 is 0 Å². The molecule has 2 rings (SSSR count). The highest BCUT2D eigenvalue weighted by Crippen LogP contribution is 2.25. The van der Waals surface area contributed by atoms with Gasteiger partial charge in [0.15, 0.2) is 5.82 Å². The zero-order chi connectivity index (χ0) is 14.0. The molecule has 2 heterocycles. The van der Waals surface area contributed by atoms with E-state index < -0.39 is 0 Å². The Labute approximate surface area is 132 Å². The van der Waals surface area contributed by atoms with Crippen molar-refractivity contribution in [3.8, 4) is 11.5 Å². The number of aromatic nitrogens is 3. The van der Waals surface area contributed by atoms with E-state index in [9.17, 15) is 0 Å². The van der Waals surface area contributed by atoms with Crippen molar-refractivity contribution in [2.24, 2.45) is 0 Å². The van der Waals surface area contributed by atoms with Gasteiger partial charge in [0.1, 0.15) is 10.8 Å². The van der Waals surface area contributed by atoms with Crippen LogP contribution in [0.4, 0.5) is 0 Å². The normalized spacial score (nSPS) is 10.8. The molecule has 100 valence electrons. The van der Waals surface area contributed by atoms with Crippen LogP contribution in [-0.2, 0) is 6.42 Å². The Morgan fingerprint density at radius 3 is 2.63 bits per heavy atom. The number of nitrogens with zero attached hydrogens (tertiary/aromatic N) is 3. The molecule has 19 heavy (non-hydrogen) atoms. The van der Waals surface area contributed by atoms with Gasteiger partial charge in [-0.1, -0.05) is 31.0 Å². The molecule has 0 saturated carbocycles. The van der Waals surface area contributed by atoms with E-state index in [1.54, 1.807) is 0 Å². The fourth-order valence-corrected chi connectivity index (χ4v) is 2.62. The second-order valence-electron chi connectivity index (χ2n) is 4.53. The number of hydrogen-bond acceptors (Lipinski definition) is 3. The number of pyridine rings is 1. The van der Waals surface area contributed by atoms with Gasteiger partial charge in [0.25, 0.3) is 0 Å². The molecule has 0 aromatic carbocycles. The Morgan fingerprint density at radius 2 is 2.00 bits per heavy atom. The van der Waals surface area contributed by atoms with Gasteiger partial charge in [-0.3, -0.25) is 4.98 Å². The van der Waals surface area contributed by atoms with E-state index in [1.807, 2.05) is 20.0 Å². The summed E-state index contributed by atoms with van der Waals surface area (Å²) in [5, 5.41) is 0.510. The summed E-state index contributed by atoms with van der Waals surface area (Å²) in [6.45, 7) is 6.17. The molecule has 0 aliphatic carbocycles. The summed E-state index contributed by atoms with van der Waals surface area (Å²) in [7, 11) is 0. The first kappa shape index (κ1) is 14.7. The highest BCUT2D eigenvalue weighted by atomic mass is 127. The van der Waals surface area contributed by atoms with Gasteiger partial charge in [-0.05, 0) is 54.0 Å². The van der Waals surface area contributed by atoms with Crippen molar-refractivity contribution in [2.45, 2.75) is 33.6 Å². The number of hydrogen-bond donors (Lipinski definition) is 0. The summed E-state index contributed by atoms with van der Waals surface area (Å²) in [6.07, 6.45) is 3.76. The quantitative estimate of drug-likeness (QED) is 0.580. The van der Waals surface area contributed by atoms with Crippen LogP contribution in [0.1, 0.15) is 30.2 Å². The van der Waals surface area contributed by atoms with Crippen LogP contribution in [0.25, 0.3) is 11.5 Å². The Kier molecular flexibility index (Phi) is 4.73. The molecule has 0 bridgehead atoms. The molecule has 0 N–H and O–H groups in total. The lowest BCUT2D eigenvalue weighted by Gasteiger charge is -2.09. The van der Waals surface area contributed by atoms with E-state index in [0.29, 0.717) is 11.0 Å². The smallest absolute Gasteiger partial charge is 0.180 e. The van der Waals surface area contributed by atoms with Gasteiger partial charge in [0, 0.05) is 6.20 Å². The van der Waals surface area contributed by atoms with Crippen molar-refractivity contribution < 1.29 is 0 Å². The maximum absolute atomic E-state index is 6.20. The summed E-state index contributed by atoms with van der Waals surface area (Å²) in [5.74, 6) is 0.617. The fraction of sp³-hybridized carbons (Fsp3) is 0.357. The third-order valence-electron chi connectivity index (χ3n) is 2.79. The van der Waals surface area contributed by atoms with Gasteiger partial charge < -0.3 is 0 Å². The van der Waals surface area contributed by atoms with Crippen LogP contribution in [0.5, 0.6) is 0 Å². The maximum Gasteiger partial charge on any atom is 0.180 e. The maximum atomic E-state index is 6.20. The molecule has 0 saturated heterocycles. The predicted octanol–water partition coefficient (Wildman–Crippen LogP) is 4.37. The topological polar surface area (TPSA) is 38.7 Å². The molecule has 0 unspecified atom stereocenters. The molecule has 0 spiro atoms. The molecule has 0 aliphatic heterocycles. The van der Waals surface area contributed by atoms with Crippen LogP contribution in [0, 0.1) is 17.4 Å². The molecular weight excluding hydrogens is 373 g/mol. The van der Waals surface area contributed by atoms with E-state index in [-0.39, 0.29) is 0 Å². The van der Waals surface area contributed by atoms with Crippen LogP contribution in [0.2, 0.25) is 5.15 Å². The summed E-state index contributed by atoms with van der Waals surface area (Å²) < 4.78 is 0.939. The van der Waals surface area contributed by atoms with Crippen molar-refractivity contribution in [1.29, 1.82) is 0 Å². The molecule has 0 fully saturated rings. The monoisotopic (exact) mass is 387 g/mol. The molecule has 5 heteroatoms. The summed E-state index contributed by atoms with van der Waals surface area (Å²) in [4.78, 5) is 13.4. The number of rotatable bonds is 3. The highest BCUT2D eigenvalue weighted by Gasteiger charge is 2.14. The first-order valence-corrected chi connectivity index (χ1v) is 7.64. The zero-order valence-corrected chi connectivity index (χ0v) is 14.1. The minimum absolute atomic E-state index is 0.510. The van der Waals surface area contributed by atoms with E-state index in [4.69, 9.17) is 11.6 Å². The van der Waals surface area contributed by atoms with Crippen molar-refractivity contribution in [3.05, 3.63) is 37.8 Å². The zero-order valence-electron chi connectivity index (χ0n) is 11.2. The first-order valence-electron chi connectivity index (χ1n) is 6.18. The number of halogens is 2. The highest BCUT2D eigenvalue weighted by molar-refractivity contribution is 14.1. The second-order valence-corrected chi connectivity index (χ2v) is 5.96. The van der Waals surface area contributed by atoms with Crippen LogP contribution in [0.15, 0.2) is 12.3 Å². The molecule has 0 radical (unpaired) electrons. The Bertz CT molecular complexity index is 614. The minimum atomic E-state index is 0.510. The largest absolute Gasteiger partial charge is 0.252 e. The minimum Gasteiger partial charge on any atom is -0.252 e. The van der Waals surface area contributed by atoms with Crippen molar-refractivity contribution in [1.82, 2.24) is 15.0 Å². The van der Waals surface area contributed by atoms with Crippen molar-refractivity contribution >= 4 is 34.2 Å². The number of aryl methyl sites for hydroxylation is 3. The average Bonchev–Trinajstić information content (AvgIpc) is 2.35. The van der Waals surface area contributed by atoms with Crippen molar-refractivity contribution in [3.63, 3.8) is 0 Å². The summed E-state index contributed by atoms with van der Waals surface area (Å²) in [5.41, 5.74) is 4.01. The van der Waals surface area contributed by atoms with Gasteiger partial charge in [0.2, 0.25) is 0 Å². The van der Waals surface area contributed by atoms with Gasteiger partial charge in [0.05, 0.1) is 9.26 Å². The molecule has 2 aromatic heterocycles. The first-order chi connectivity index (χ1) is 9.02. The van der Waals surface area contributed by atoms with Gasteiger partial charge in [-0.25, -0.2) is 9.97 Å². The summed E-state index contributed by atoms with van der Waals surface area (Å²) >= 11 is 8.40. The van der Waals surface area contributed by atoms with Gasteiger partial charge in [-0.15, -0.1) is 0 Å². The standard InChI is InChI=1S/C14H15ClIN3/c1-4-5-10-11(16)13(15)19-14(18-10)12-9(3)6-8(2)7-17-12/h6-7H,4-5H2,1-3H3. The average molecular weight is 388 g/mol. The predicted molar refractivity (Wildman–Crippen MR) is 86.5 cm³/mol. The van der Waals surface area contributed by atoms with Gasteiger partial charge in [-0.2, -0.15) is 0 Å². The molecule has 3 nitrogen and oxygen atoms in total. The second kappa shape index (κ2) is 6.13. The van der Waals surface area contributed by atoms with Crippen LogP contribution in [0.3, 0.4) is 0 Å². The lowest BCUT2D eigenvalue weighted by Crippen LogP contribution is -2.03. The van der Waals surface area contributed by atoms with E-state index in [0.717, 1.165) is 38.9 Å². The van der Waals surface area contributed by atoms with E-state index in [1.165, 1.54) is 0 Å². The Morgan fingerprint density at radius 1 is 1.26 bits per heavy atom. The van der Waals surface area contributed by atoms with E-state index >= 15 is 0 Å². The van der Waals surface area contributed by atoms with E-state index in [2.05, 4.69) is 50.5 Å². The molecule has 0 atom stereocenters. The molecule has 0 aliphatic rings. The summed E-state index contributed by atoms with van der Waals surface area (Å²) in [6, 6.07) is 2.08.